The van der Waals surface area contributed by atoms with Crippen LogP contribution in [0.25, 0.3) is 0 Å². The van der Waals surface area contributed by atoms with Crippen LogP contribution in [0.5, 0.6) is 5.75 Å². The highest BCUT2D eigenvalue weighted by Crippen LogP contribution is 2.16. The molecule has 0 bridgehead atoms. The molecule has 0 saturated heterocycles. The average Bonchev–Trinajstić information content (AvgIpc) is 2.18. The second kappa shape index (κ2) is 5.39. The van der Waals surface area contributed by atoms with Gasteiger partial charge in [-0.1, -0.05) is 19.1 Å². The lowest BCUT2D eigenvalue weighted by Crippen LogP contribution is -2.12. The lowest BCUT2D eigenvalue weighted by molar-refractivity contribution is -0.141. The lowest BCUT2D eigenvalue weighted by atomic mass is 10.0. The van der Waals surface area contributed by atoms with E-state index in [0.29, 0.717) is 13.0 Å². The Bertz CT molecular complexity index is 333. The minimum absolute atomic E-state index is 0.359. The van der Waals surface area contributed by atoms with Crippen molar-refractivity contribution >= 4 is 5.97 Å². The van der Waals surface area contributed by atoms with Gasteiger partial charge in [0.25, 0.3) is 0 Å². The number of carboxylic acid groups (broad SMARTS) is 1. The maximum absolute atomic E-state index is 10.7. The van der Waals surface area contributed by atoms with Gasteiger partial charge >= 0.3 is 5.97 Å². The normalized spacial score (nSPS) is 12.1. The number of ether oxygens (including phenoxy) is 1. The van der Waals surface area contributed by atoms with E-state index in [1.165, 1.54) is 0 Å². The summed E-state index contributed by atoms with van der Waals surface area (Å²) in [5, 5.41) is 8.78. The Morgan fingerprint density at radius 3 is 2.87 bits per heavy atom. The molecule has 0 fully saturated rings. The summed E-state index contributed by atoms with van der Waals surface area (Å²) < 4.78 is 5.34. The summed E-state index contributed by atoms with van der Waals surface area (Å²) in [4.78, 5) is 10.7. The van der Waals surface area contributed by atoms with Gasteiger partial charge in [0, 0.05) is 0 Å². The molecule has 0 aliphatic carbocycles. The molecule has 0 heterocycles. The molecule has 1 rings (SSSR count). The van der Waals surface area contributed by atoms with Gasteiger partial charge in [-0.25, -0.2) is 0 Å². The summed E-state index contributed by atoms with van der Waals surface area (Å²) in [6.07, 6.45) is 0.538. The predicted molar refractivity (Wildman–Crippen MR) is 58.1 cm³/mol. The molecule has 0 aromatic heterocycles. The molecule has 1 aromatic carbocycles. The topological polar surface area (TPSA) is 46.5 Å². The Morgan fingerprint density at radius 1 is 1.53 bits per heavy atom. The maximum atomic E-state index is 10.7. The standard InChI is InChI=1S/C12H16O3/c1-3-15-11-6-4-5-10(8-11)7-9(2)12(13)14/h4-6,8-9H,3,7H2,1-2H3,(H,13,14)/t9-/m1/s1. The van der Waals surface area contributed by atoms with E-state index in [0.717, 1.165) is 11.3 Å². The zero-order valence-electron chi connectivity index (χ0n) is 9.06. The van der Waals surface area contributed by atoms with Gasteiger partial charge in [-0.05, 0) is 31.0 Å². The third-order valence-electron chi connectivity index (χ3n) is 2.17. The molecule has 15 heavy (non-hydrogen) atoms. The van der Waals surface area contributed by atoms with Gasteiger partial charge in [0.05, 0.1) is 12.5 Å². The number of benzene rings is 1. The molecule has 3 nitrogen and oxygen atoms in total. The second-order valence-corrected chi connectivity index (χ2v) is 3.52. The van der Waals surface area contributed by atoms with Crippen LogP contribution in [0.4, 0.5) is 0 Å². The highest BCUT2D eigenvalue weighted by atomic mass is 16.5. The van der Waals surface area contributed by atoms with Crippen LogP contribution in [-0.2, 0) is 11.2 Å². The molecule has 3 heteroatoms. The summed E-state index contributed by atoms with van der Waals surface area (Å²) >= 11 is 0. The van der Waals surface area contributed by atoms with E-state index in [9.17, 15) is 4.79 Å². The number of carboxylic acids is 1. The van der Waals surface area contributed by atoms with Gasteiger partial charge in [0.1, 0.15) is 5.75 Å². The van der Waals surface area contributed by atoms with E-state index in [-0.39, 0.29) is 5.92 Å². The van der Waals surface area contributed by atoms with Crippen molar-refractivity contribution in [2.24, 2.45) is 5.92 Å². The van der Waals surface area contributed by atoms with Gasteiger partial charge in [-0.15, -0.1) is 0 Å². The third-order valence-corrected chi connectivity index (χ3v) is 2.17. The molecule has 0 unspecified atom stereocenters. The number of hydrogen-bond donors (Lipinski definition) is 1. The van der Waals surface area contributed by atoms with Crippen molar-refractivity contribution in [2.45, 2.75) is 20.3 Å². The van der Waals surface area contributed by atoms with Crippen LogP contribution in [0.15, 0.2) is 24.3 Å². The van der Waals surface area contributed by atoms with Gasteiger partial charge < -0.3 is 9.84 Å². The Hall–Kier alpha value is -1.51. The van der Waals surface area contributed by atoms with Crippen molar-refractivity contribution in [3.63, 3.8) is 0 Å². The van der Waals surface area contributed by atoms with Crippen molar-refractivity contribution < 1.29 is 14.6 Å². The van der Waals surface area contributed by atoms with Crippen LogP contribution in [0, 0.1) is 5.92 Å². The van der Waals surface area contributed by atoms with Crippen LogP contribution in [0.2, 0.25) is 0 Å². The molecule has 0 aliphatic heterocycles. The largest absolute Gasteiger partial charge is 0.494 e. The molecule has 1 N–H and O–H groups in total. The molecular formula is C12H16O3. The molecule has 1 atom stereocenters. The molecule has 0 saturated carbocycles. The number of carbonyl (C=O) groups is 1. The lowest BCUT2D eigenvalue weighted by Gasteiger charge is -2.08. The van der Waals surface area contributed by atoms with Crippen molar-refractivity contribution in [3.8, 4) is 5.75 Å². The summed E-state index contributed by atoms with van der Waals surface area (Å²) in [6, 6.07) is 7.57. The highest BCUT2D eigenvalue weighted by Gasteiger charge is 2.11. The molecule has 0 aliphatic rings. The zero-order valence-corrected chi connectivity index (χ0v) is 9.06. The van der Waals surface area contributed by atoms with Crippen LogP contribution in [0.1, 0.15) is 19.4 Å². The molecule has 0 spiro atoms. The van der Waals surface area contributed by atoms with Gasteiger partial charge in [0.2, 0.25) is 0 Å². The molecule has 82 valence electrons. The minimum Gasteiger partial charge on any atom is -0.494 e. The van der Waals surface area contributed by atoms with Gasteiger partial charge in [0.15, 0.2) is 0 Å². The van der Waals surface area contributed by atoms with Crippen molar-refractivity contribution in [1.29, 1.82) is 0 Å². The smallest absolute Gasteiger partial charge is 0.306 e. The number of rotatable bonds is 5. The fraction of sp³-hybridized carbons (Fsp3) is 0.417. The average molecular weight is 208 g/mol. The van der Waals surface area contributed by atoms with E-state index in [4.69, 9.17) is 9.84 Å². The molecular weight excluding hydrogens is 192 g/mol. The summed E-state index contributed by atoms with van der Waals surface area (Å²) in [6.45, 7) is 4.25. The third kappa shape index (κ3) is 3.62. The first-order valence-electron chi connectivity index (χ1n) is 5.08. The second-order valence-electron chi connectivity index (χ2n) is 3.52. The first-order valence-corrected chi connectivity index (χ1v) is 5.08. The van der Waals surface area contributed by atoms with Crippen LogP contribution in [-0.4, -0.2) is 17.7 Å². The molecule has 1 aromatic rings. The maximum Gasteiger partial charge on any atom is 0.306 e. The predicted octanol–water partition coefficient (Wildman–Crippen LogP) is 2.35. The van der Waals surface area contributed by atoms with Gasteiger partial charge in [-0.3, -0.25) is 4.79 Å². The van der Waals surface area contributed by atoms with E-state index >= 15 is 0 Å². The monoisotopic (exact) mass is 208 g/mol. The Labute approximate surface area is 89.7 Å². The van der Waals surface area contributed by atoms with Crippen LogP contribution < -0.4 is 4.74 Å². The quantitative estimate of drug-likeness (QED) is 0.807. The zero-order chi connectivity index (χ0) is 11.3. The van der Waals surface area contributed by atoms with Crippen molar-refractivity contribution in [2.75, 3.05) is 6.61 Å². The SMILES string of the molecule is CCOc1cccc(C[C@@H](C)C(=O)O)c1. The number of hydrogen-bond acceptors (Lipinski definition) is 2. The minimum atomic E-state index is -0.767. The number of aliphatic carboxylic acids is 1. The Kier molecular flexibility index (Phi) is 4.16. The fourth-order valence-corrected chi connectivity index (χ4v) is 1.37. The van der Waals surface area contributed by atoms with E-state index < -0.39 is 5.97 Å². The summed E-state index contributed by atoms with van der Waals surface area (Å²) in [5.74, 6) is -0.328. The molecule has 0 radical (unpaired) electrons. The van der Waals surface area contributed by atoms with Crippen molar-refractivity contribution in [3.05, 3.63) is 29.8 Å². The van der Waals surface area contributed by atoms with Crippen LogP contribution >= 0.6 is 0 Å². The Morgan fingerprint density at radius 2 is 2.27 bits per heavy atom. The molecule has 0 amide bonds. The Balaban J connectivity index is 2.68. The first-order chi connectivity index (χ1) is 7.13. The first kappa shape index (κ1) is 11.6. The van der Waals surface area contributed by atoms with Crippen molar-refractivity contribution in [1.82, 2.24) is 0 Å². The van der Waals surface area contributed by atoms with E-state index in [1.807, 2.05) is 31.2 Å². The van der Waals surface area contributed by atoms with E-state index in [1.54, 1.807) is 6.92 Å². The fourth-order valence-electron chi connectivity index (χ4n) is 1.37. The van der Waals surface area contributed by atoms with E-state index in [2.05, 4.69) is 0 Å². The van der Waals surface area contributed by atoms with Crippen LogP contribution in [0.3, 0.4) is 0 Å². The summed E-state index contributed by atoms with van der Waals surface area (Å²) in [7, 11) is 0. The van der Waals surface area contributed by atoms with Gasteiger partial charge in [-0.2, -0.15) is 0 Å². The summed E-state index contributed by atoms with van der Waals surface area (Å²) in [5.41, 5.74) is 0.996. The highest BCUT2D eigenvalue weighted by molar-refractivity contribution is 5.69.